The van der Waals surface area contributed by atoms with Crippen LogP contribution in [-0.2, 0) is 17.7 Å². The third-order valence-corrected chi connectivity index (χ3v) is 4.81. The number of nitrogens with zero attached hydrogens (tertiary/aromatic N) is 3. The summed E-state index contributed by atoms with van der Waals surface area (Å²) in [6.07, 6.45) is 5.12. The highest BCUT2D eigenvalue weighted by Crippen LogP contribution is 2.20. The maximum atomic E-state index is 11.4. The lowest BCUT2D eigenvalue weighted by Gasteiger charge is -2.33. The van der Waals surface area contributed by atoms with Gasteiger partial charge < -0.3 is 9.72 Å². The van der Waals surface area contributed by atoms with Crippen LogP contribution in [0.25, 0.3) is 10.9 Å². The van der Waals surface area contributed by atoms with Gasteiger partial charge in [0.2, 0.25) is 0 Å². The molecule has 0 aliphatic carbocycles. The Kier molecular flexibility index (Phi) is 5.04. The van der Waals surface area contributed by atoms with E-state index in [2.05, 4.69) is 44.1 Å². The quantitative estimate of drug-likeness (QED) is 0.763. The summed E-state index contributed by atoms with van der Waals surface area (Å²) in [4.78, 5) is 25.0. The Labute approximate surface area is 151 Å². The summed E-state index contributed by atoms with van der Waals surface area (Å²) < 4.78 is 5.92. The van der Waals surface area contributed by atoms with E-state index in [-0.39, 0.29) is 11.7 Å². The Hall–Kier alpha value is -2.57. The van der Waals surface area contributed by atoms with Crippen molar-refractivity contribution >= 4 is 10.9 Å². The highest BCUT2D eigenvalue weighted by Gasteiger charge is 2.21. The smallest absolute Gasteiger partial charge is 0.250 e. The van der Waals surface area contributed by atoms with Gasteiger partial charge in [0.25, 0.3) is 5.56 Å². The molecule has 1 atom stereocenters. The SMILES string of the molecule is O=c1cc(CC[C@H]2CN(Cc3ccnc4ccccc34)CCO2)nc[nH]1. The Balaban J connectivity index is 1.39. The van der Waals surface area contributed by atoms with Crippen molar-refractivity contribution in [1.82, 2.24) is 19.9 Å². The fourth-order valence-electron chi connectivity index (χ4n) is 3.49. The molecule has 3 aromatic rings. The summed E-state index contributed by atoms with van der Waals surface area (Å²) in [5.74, 6) is 0. The monoisotopic (exact) mass is 350 g/mol. The number of H-pyrrole nitrogens is 1. The largest absolute Gasteiger partial charge is 0.376 e. The van der Waals surface area contributed by atoms with Gasteiger partial charge in [0, 0.05) is 43.0 Å². The van der Waals surface area contributed by atoms with Crippen LogP contribution >= 0.6 is 0 Å². The van der Waals surface area contributed by atoms with E-state index < -0.39 is 0 Å². The van der Waals surface area contributed by atoms with E-state index >= 15 is 0 Å². The number of fused-ring (bicyclic) bond motifs is 1. The van der Waals surface area contributed by atoms with Crippen molar-refractivity contribution < 1.29 is 4.74 Å². The standard InChI is InChI=1S/C20H22N4O2/c25-20-11-16(22-14-23-20)5-6-17-13-24(9-10-26-17)12-15-7-8-21-19-4-2-1-3-18(15)19/h1-4,7-8,11,14,17H,5-6,9-10,12-13H2,(H,22,23,25)/t17-/m0/s1. The van der Waals surface area contributed by atoms with Crippen molar-refractivity contribution in [2.75, 3.05) is 19.7 Å². The van der Waals surface area contributed by atoms with Gasteiger partial charge in [0.1, 0.15) is 0 Å². The molecule has 0 radical (unpaired) electrons. The van der Waals surface area contributed by atoms with Crippen LogP contribution in [0.3, 0.4) is 0 Å². The molecule has 4 rings (SSSR count). The van der Waals surface area contributed by atoms with Crippen LogP contribution < -0.4 is 5.56 Å². The van der Waals surface area contributed by atoms with E-state index in [0.29, 0.717) is 0 Å². The number of morpholine rings is 1. The van der Waals surface area contributed by atoms with Crippen LogP contribution in [0.1, 0.15) is 17.7 Å². The normalized spacial score (nSPS) is 18.2. The summed E-state index contributed by atoms with van der Waals surface area (Å²) in [6.45, 7) is 3.44. The first-order valence-corrected chi connectivity index (χ1v) is 8.98. The van der Waals surface area contributed by atoms with Gasteiger partial charge in [-0.1, -0.05) is 18.2 Å². The second-order valence-corrected chi connectivity index (χ2v) is 6.66. The number of pyridine rings is 1. The Morgan fingerprint density at radius 3 is 3.08 bits per heavy atom. The predicted octanol–water partition coefficient (Wildman–Crippen LogP) is 2.15. The zero-order valence-electron chi connectivity index (χ0n) is 14.6. The topological polar surface area (TPSA) is 71.1 Å². The van der Waals surface area contributed by atoms with Crippen LogP contribution in [0.5, 0.6) is 0 Å². The minimum absolute atomic E-state index is 0.106. The fraction of sp³-hybridized carbons (Fsp3) is 0.350. The highest BCUT2D eigenvalue weighted by atomic mass is 16.5. The molecule has 0 bridgehead atoms. The van der Waals surface area contributed by atoms with Gasteiger partial charge in [-0.05, 0) is 30.5 Å². The molecule has 2 aromatic heterocycles. The van der Waals surface area contributed by atoms with Crippen LogP contribution in [0.4, 0.5) is 0 Å². The molecular weight excluding hydrogens is 328 g/mol. The average Bonchev–Trinajstić information content (AvgIpc) is 2.67. The summed E-state index contributed by atoms with van der Waals surface area (Å²) >= 11 is 0. The van der Waals surface area contributed by atoms with Crippen molar-refractivity contribution in [3.63, 3.8) is 0 Å². The second-order valence-electron chi connectivity index (χ2n) is 6.66. The zero-order chi connectivity index (χ0) is 17.8. The molecule has 0 saturated carbocycles. The molecule has 6 heteroatoms. The number of aromatic amines is 1. The Morgan fingerprint density at radius 1 is 1.23 bits per heavy atom. The van der Waals surface area contributed by atoms with E-state index in [1.807, 2.05) is 12.3 Å². The number of ether oxygens (including phenoxy) is 1. The second kappa shape index (κ2) is 7.76. The van der Waals surface area contributed by atoms with E-state index in [0.717, 1.165) is 50.3 Å². The van der Waals surface area contributed by atoms with Gasteiger partial charge in [0.05, 0.1) is 24.6 Å². The first kappa shape index (κ1) is 16.9. The molecule has 1 N–H and O–H groups in total. The highest BCUT2D eigenvalue weighted by molar-refractivity contribution is 5.81. The van der Waals surface area contributed by atoms with Crippen molar-refractivity contribution in [2.45, 2.75) is 25.5 Å². The van der Waals surface area contributed by atoms with E-state index in [1.54, 1.807) is 6.07 Å². The van der Waals surface area contributed by atoms with Crippen molar-refractivity contribution in [3.05, 3.63) is 70.5 Å². The molecule has 6 nitrogen and oxygen atoms in total. The number of aryl methyl sites for hydroxylation is 1. The van der Waals surface area contributed by atoms with Crippen LogP contribution in [0, 0.1) is 0 Å². The molecule has 0 amide bonds. The molecule has 0 unspecified atom stereocenters. The number of benzene rings is 1. The molecule has 1 fully saturated rings. The lowest BCUT2D eigenvalue weighted by atomic mass is 10.1. The molecule has 1 aromatic carbocycles. The molecule has 1 aliphatic rings. The van der Waals surface area contributed by atoms with Gasteiger partial charge >= 0.3 is 0 Å². The lowest BCUT2D eigenvalue weighted by Crippen LogP contribution is -2.42. The third-order valence-electron chi connectivity index (χ3n) is 4.81. The van der Waals surface area contributed by atoms with Crippen molar-refractivity contribution in [2.24, 2.45) is 0 Å². The first-order chi connectivity index (χ1) is 12.8. The summed E-state index contributed by atoms with van der Waals surface area (Å²) in [5, 5.41) is 1.21. The van der Waals surface area contributed by atoms with Gasteiger partial charge in [-0.15, -0.1) is 0 Å². The molecule has 1 saturated heterocycles. The summed E-state index contributed by atoms with van der Waals surface area (Å²) in [6, 6.07) is 11.9. The minimum Gasteiger partial charge on any atom is -0.376 e. The van der Waals surface area contributed by atoms with Crippen molar-refractivity contribution in [3.8, 4) is 0 Å². The third kappa shape index (κ3) is 3.98. The van der Waals surface area contributed by atoms with Gasteiger partial charge in [0.15, 0.2) is 0 Å². The first-order valence-electron chi connectivity index (χ1n) is 8.98. The van der Waals surface area contributed by atoms with Crippen LogP contribution in [-0.4, -0.2) is 45.7 Å². The van der Waals surface area contributed by atoms with Crippen LogP contribution in [0.2, 0.25) is 0 Å². The number of rotatable bonds is 5. The molecule has 134 valence electrons. The van der Waals surface area contributed by atoms with E-state index in [9.17, 15) is 4.79 Å². The number of para-hydroxylation sites is 1. The summed E-state index contributed by atoms with van der Waals surface area (Å²) in [7, 11) is 0. The number of nitrogens with one attached hydrogen (secondary N) is 1. The van der Waals surface area contributed by atoms with E-state index in [4.69, 9.17) is 4.74 Å². The minimum atomic E-state index is -0.106. The zero-order valence-corrected chi connectivity index (χ0v) is 14.6. The average molecular weight is 350 g/mol. The van der Waals surface area contributed by atoms with E-state index in [1.165, 1.54) is 17.3 Å². The van der Waals surface area contributed by atoms with Crippen LogP contribution in [0.15, 0.2) is 53.7 Å². The van der Waals surface area contributed by atoms with Gasteiger partial charge in [-0.2, -0.15) is 0 Å². The number of aromatic nitrogens is 3. The Bertz CT molecular complexity index is 935. The molecule has 0 spiro atoms. The summed E-state index contributed by atoms with van der Waals surface area (Å²) in [5.41, 5.74) is 3.04. The Morgan fingerprint density at radius 2 is 2.15 bits per heavy atom. The maximum Gasteiger partial charge on any atom is 0.250 e. The predicted molar refractivity (Wildman–Crippen MR) is 99.9 cm³/mol. The molecular formula is C20H22N4O2. The molecule has 3 heterocycles. The fourth-order valence-corrected chi connectivity index (χ4v) is 3.49. The molecule has 26 heavy (non-hydrogen) atoms. The lowest BCUT2D eigenvalue weighted by molar-refractivity contribution is -0.0345. The molecule has 1 aliphatic heterocycles. The number of hydrogen-bond donors (Lipinski definition) is 1. The van der Waals surface area contributed by atoms with Gasteiger partial charge in [-0.25, -0.2) is 4.98 Å². The van der Waals surface area contributed by atoms with Crippen molar-refractivity contribution in [1.29, 1.82) is 0 Å². The maximum absolute atomic E-state index is 11.4. The van der Waals surface area contributed by atoms with Gasteiger partial charge in [-0.3, -0.25) is 14.7 Å². The number of hydrogen-bond acceptors (Lipinski definition) is 5.